The molecule has 54 heavy (non-hydrogen) atoms. The molecule has 0 saturated heterocycles. The molecule has 6 aromatic rings. The molecule has 1 aliphatic carbocycles. The Hall–Kier alpha value is -5.91. The summed E-state index contributed by atoms with van der Waals surface area (Å²) in [7, 11) is 0. The van der Waals surface area contributed by atoms with Crippen LogP contribution >= 0.6 is 23.1 Å². The first-order chi connectivity index (χ1) is 26.4. The highest BCUT2D eigenvalue weighted by Gasteiger charge is 2.31. The smallest absolute Gasteiger partial charge is 0.341 e. The van der Waals surface area contributed by atoms with E-state index in [0.29, 0.717) is 27.7 Å². The molecule has 0 bridgehead atoms. The molecule has 272 valence electrons. The van der Waals surface area contributed by atoms with Crippen molar-refractivity contribution >= 4 is 74.5 Å². The lowest BCUT2D eigenvalue weighted by Crippen LogP contribution is -2.30. The quantitative estimate of drug-likeness (QED) is 0.0562. The van der Waals surface area contributed by atoms with Gasteiger partial charge in [0.25, 0.3) is 11.8 Å². The Morgan fingerprint density at radius 3 is 2.46 bits per heavy atom. The van der Waals surface area contributed by atoms with Crippen LogP contribution in [0.1, 0.15) is 61.5 Å². The number of aromatic nitrogens is 1. The molecule has 4 aromatic carbocycles. The van der Waals surface area contributed by atoms with E-state index in [2.05, 4.69) is 33.1 Å². The molecule has 11 heteroatoms. The van der Waals surface area contributed by atoms with Gasteiger partial charge in [0.1, 0.15) is 10.7 Å². The molecule has 4 N–H and O–H groups in total. The van der Waals surface area contributed by atoms with Gasteiger partial charge in [-0.2, -0.15) is 0 Å². The monoisotopic (exact) mass is 754 g/mol. The van der Waals surface area contributed by atoms with Crippen LogP contribution in [0.25, 0.3) is 17.0 Å². The van der Waals surface area contributed by atoms with Gasteiger partial charge in [0.15, 0.2) is 0 Å². The van der Waals surface area contributed by atoms with Crippen LogP contribution in [-0.4, -0.2) is 41.0 Å². The van der Waals surface area contributed by atoms with Gasteiger partial charge >= 0.3 is 5.97 Å². The highest BCUT2D eigenvalue weighted by molar-refractivity contribution is 8.00. The number of benzene rings is 4. The van der Waals surface area contributed by atoms with E-state index in [4.69, 9.17) is 4.74 Å². The van der Waals surface area contributed by atoms with Crippen molar-refractivity contribution in [1.29, 1.82) is 0 Å². The minimum absolute atomic E-state index is 0.0668. The Kier molecular flexibility index (Phi) is 11.4. The Morgan fingerprint density at radius 2 is 1.67 bits per heavy atom. The summed E-state index contributed by atoms with van der Waals surface area (Å²) in [6, 6.07) is 33.9. The maximum atomic E-state index is 13.7. The second kappa shape index (κ2) is 16.8. The molecule has 2 heterocycles. The third-order valence-corrected chi connectivity index (χ3v) is 11.3. The third kappa shape index (κ3) is 8.48. The Labute approximate surface area is 321 Å². The van der Waals surface area contributed by atoms with Crippen LogP contribution in [0.3, 0.4) is 0 Å². The number of hydrogen-bond acceptors (Lipinski definition) is 7. The lowest BCUT2D eigenvalue weighted by atomic mass is 9.83. The van der Waals surface area contributed by atoms with E-state index in [1.54, 1.807) is 61.7 Å². The first-order valence-corrected chi connectivity index (χ1v) is 19.5. The van der Waals surface area contributed by atoms with Gasteiger partial charge < -0.3 is 25.7 Å². The van der Waals surface area contributed by atoms with Crippen molar-refractivity contribution < 1.29 is 23.9 Å². The molecular formula is C43H38N4O5S2. The zero-order valence-electron chi connectivity index (χ0n) is 29.5. The first-order valence-electron chi connectivity index (χ1n) is 17.7. The fourth-order valence-corrected chi connectivity index (χ4v) is 8.67. The number of thioether (sulfide) groups is 1. The lowest BCUT2D eigenvalue weighted by molar-refractivity contribution is -0.114. The molecule has 0 fully saturated rings. The number of carbonyl (C=O) groups is 4. The molecule has 1 unspecified atom stereocenters. The largest absolute Gasteiger partial charge is 0.462 e. The van der Waals surface area contributed by atoms with E-state index >= 15 is 0 Å². The van der Waals surface area contributed by atoms with Gasteiger partial charge in [-0.15, -0.1) is 23.1 Å². The van der Waals surface area contributed by atoms with Gasteiger partial charge in [0, 0.05) is 43.7 Å². The highest BCUT2D eigenvalue weighted by Crippen LogP contribution is 2.43. The zero-order valence-corrected chi connectivity index (χ0v) is 31.2. The van der Waals surface area contributed by atoms with Crippen molar-refractivity contribution in [1.82, 2.24) is 10.3 Å². The number of hydrogen-bond donors (Lipinski definition) is 4. The molecule has 0 aliphatic heterocycles. The summed E-state index contributed by atoms with van der Waals surface area (Å²) < 4.78 is 5.42. The third-order valence-electron chi connectivity index (χ3n) is 9.18. The Bertz CT molecular complexity index is 2350. The number of fused-ring (bicyclic) bond motifs is 2. The van der Waals surface area contributed by atoms with Crippen LogP contribution < -0.4 is 16.0 Å². The number of carbonyl (C=O) groups excluding carboxylic acids is 4. The van der Waals surface area contributed by atoms with Crippen molar-refractivity contribution in [2.24, 2.45) is 0 Å². The molecule has 2 aromatic heterocycles. The molecule has 0 spiro atoms. The summed E-state index contributed by atoms with van der Waals surface area (Å²) in [6.07, 6.45) is 5.88. The Balaban J connectivity index is 1.04. The van der Waals surface area contributed by atoms with Crippen LogP contribution in [0, 0.1) is 0 Å². The van der Waals surface area contributed by atoms with Crippen molar-refractivity contribution in [2.75, 3.05) is 23.0 Å². The maximum absolute atomic E-state index is 13.7. The number of aromatic amines is 1. The van der Waals surface area contributed by atoms with E-state index in [0.717, 1.165) is 51.1 Å². The molecule has 9 nitrogen and oxygen atoms in total. The van der Waals surface area contributed by atoms with Gasteiger partial charge in [0.05, 0.1) is 17.9 Å². The topological polar surface area (TPSA) is 129 Å². The number of rotatable bonds is 12. The van der Waals surface area contributed by atoms with Crippen LogP contribution in [0.4, 0.5) is 10.7 Å². The van der Waals surface area contributed by atoms with E-state index in [1.807, 2.05) is 54.6 Å². The number of anilines is 2. The fourth-order valence-electron chi connectivity index (χ4n) is 6.59. The number of amides is 3. The van der Waals surface area contributed by atoms with Crippen molar-refractivity contribution in [2.45, 2.75) is 37.0 Å². The van der Waals surface area contributed by atoms with Gasteiger partial charge in [-0.25, -0.2) is 4.79 Å². The average Bonchev–Trinajstić information content (AvgIpc) is 3.78. The van der Waals surface area contributed by atoms with Crippen molar-refractivity contribution in [3.05, 3.63) is 154 Å². The van der Waals surface area contributed by atoms with E-state index < -0.39 is 17.8 Å². The van der Waals surface area contributed by atoms with Gasteiger partial charge in [-0.05, 0) is 85.7 Å². The van der Waals surface area contributed by atoms with Crippen LogP contribution in [0.15, 0.2) is 126 Å². The second-order valence-corrected chi connectivity index (χ2v) is 14.9. The van der Waals surface area contributed by atoms with Gasteiger partial charge in [-0.1, -0.05) is 72.8 Å². The first kappa shape index (κ1) is 36.4. The Morgan fingerprint density at radius 1 is 0.907 bits per heavy atom. The molecule has 1 atom stereocenters. The predicted molar refractivity (Wildman–Crippen MR) is 216 cm³/mol. The second-order valence-electron chi connectivity index (χ2n) is 12.8. The molecule has 3 amide bonds. The highest BCUT2D eigenvalue weighted by atomic mass is 32.2. The number of thiophene rings is 1. The minimum atomic E-state index is -0.507. The standard InChI is InChI=1S/C43H38N4O5S2/c1-2-52-43(51)39-34-21-20-29(27-12-5-3-6-13-27)23-37(34)54-42(39)47-38(48)26-53-32-17-11-16-31(24-32)45-41(50)36(46-40(49)28-14-7-4-8-15-28)22-30-25-44-35-19-10-9-18-33(30)35/h3-19,22,24-25,29,44H,2,20-21,23,26H2,1H3,(H,45,50)(H,46,49)(H,47,48)/b36-22-. The summed E-state index contributed by atoms with van der Waals surface area (Å²) in [4.78, 5) is 58.4. The number of ether oxygens (including phenoxy) is 1. The predicted octanol–water partition coefficient (Wildman–Crippen LogP) is 8.82. The van der Waals surface area contributed by atoms with Crippen LogP contribution in [0.5, 0.6) is 0 Å². The van der Waals surface area contributed by atoms with E-state index in [9.17, 15) is 19.2 Å². The summed E-state index contributed by atoms with van der Waals surface area (Å²) in [5.74, 6) is -1.18. The summed E-state index contributed by atoms with van der Waals surface area (Å²) >= 11 is 2.76. The van der Waals surface area contributed by atoms with Crippen LogP contribution in [-0.2, 0) is 27.2 Å². The minimum Gasteiger partial charge on any atom is -0.462 e. The van der Waals surface area contributed by atoms with Gasteiger partial charge in [-0.3, -0.25) is 14.4 Å². The number of nitrogens with one attached hydrogen (secondary N) is 4. The zero-order chi connectivity index (χ0) is 37.4. The van der Waals surface area contributed by atoms with Crippen molar-refractivity contribution in [3.63, 3.8) is 0 Å². The van der Waals surface area contributed by atoms with Crippen LogP contribution in [0.2, 0.25) is 0 Å². The molecule has 7 rings (SSSR count). The van der Waals surface area contributed by atoms with E-state index in [-0.39, 0.29) is 24.0 Å². The summed E-state index contributed by atoms with van der Waals surface area (Å²) in [6.45, 7) is 2.02. The van der Waals surface area contributed by atoms with Crippen molar-refractivity contribution in [3.8, 4) is 0 Å². The summed E-state index contributed by atoms with van der Waals surface area (Å²) in [5.41, 5.74) is 5.32. The lowest BCUT2D eigenvalue weighted by Gasteiger charge is -2.23. The number of H-pyrrole nitrogens is 1. The molecule has 1 aliphatic rings. The number of esters is 1. The fraction of sp³-hybridized carbons (Fsp3) is 0.163. The maximum Gasteiger partial charge on any atom is 0.341 e. The average molecular weight is 755 g/mol. The molecule has 0 saturated carbocycles. The SMILES string of the molecule is CCOC(=O)c1c(NC(=O)CSc2cccc(NC(=O)/C(=C/c3c[nH]c4ccccc34)NC(=O)c3ccccc3)c2)sc2c1CCC(c1ccccc1)C2. The van der Waals surface area contributed by atoms with Gasteiger partial charge in [0.2, 0.25) is 5.91 Å². The molecule has 0 radical (unpaired) electrons. The van der Waals surface area contributed by atoms with E-state index in [1.165, 1.54) is 28.7 Å². The normalized spacial score (nSPS) is 13.9. The number of para-hydroxylation sites is 1. The summed E-state index contributed by atoms with van der Waals surface area (Å²) in [5, 5.41) is 10.1. The molecular weight excluding hydrogens is 717 g/mol.